The van der Waals surface area contributed by atoms with Gasteiger partial charge in [-0.25, -0.2) is 0 Å². The number of hydrogen-bond donors (Lipinski definition) is 0. The summed E-state index contributed by atoms with van der Waals surface area (Å²) in [7, 11) is 0. The Labute approximate surface area is 254 Å². The quantitative estimate of drug-likeness (QED) is 0.188. The summed E-state index contributed by atoms with van der Waals surface area (Å²) in [4.78, 5) is 0. The monoisotopic (exact) mass is 548 g/mol. The zero-order valence-electron chi connectivity index (χ0n) is 24.3. The van der Waals surface area contributed by atoms with Crippen molar-refractivity contribution in [1.82, 2.24) is 0 Å². The standard InChI is InChI=1S/C43H32/c1-30-19-24-33(25-20-30)34-26-21-31(22-27-34)11-3-2-4-12-32-23-28-38-37-15-7-10-18-41(37)43(42(38)29-32)39-16-8-5-13-35(39)36-14-6-9-17-40(36)43/h2-11,13-29H,12H2,1H3/b4-2-,11-3-. The smallest absolute Gasteiger partial charge is 0.0725 e. The van der Waals surface area contributed by atoms with E-state index >= 15 is 0 Å². The number of hydrogen-bond acceptors (Lipinski definition) is 0. The Morgan fingerprint density at radius 3 is 1.58 bits per heavy atom. The number of rotatable bonds is 5. The van der Waals surface area contributed by atoms with E-state index in [4.69, 9.17) is 0 Å². The lowest BCUT2D eigenvalue weighted by Crippen LogP contribution is -2.25. The first-order valence-electron chi connectivity index (χ1n) is 15.2. The molecule has 2 aliphatic rings. The molecule has 1 spiro atoms. The van der Waals surface area contributed by atoms with Crippen molar-refractivity contribution in [3.05, 3.63) is 197 Å². The summed E-state index contributed by atoms with van der Waals surface area (Å²) in [5.74, 6) is 0. The maximum atomic E-state index is 2.46. The molecule has 0 heterocycles. The molecular formula is C43H32. The van der Waals surface area contributed by atoms with Gasteiger partial charge >= 0.3 is 0 Å². The molecule has 8 rings (SSSR count). The summed E-state index contributed by atoms with van der Waals surface area (Å²) >= 11 is 0. The van der Waals surface area contributed by atoms with Crippen molar-refractivity contribution >= 4 is 6.08 Å². The number of benzene rings is 6. The highest BCUT2D eigenvalue weighted by Gasteiger charge is 2.51. The molecule has 0 unspecified atom stereocenters. The van der Waals surface area contributed by atoms with Crippen LogP contribution in [0.25, 0.3) is 39.5 Å². The third-order valence-corrected chi connectivity index (χ3v) is 9.25. The number of aryl methyl sites for hydroxylation is 1. The zero-order chi connectivity index (χ0) is 28.8. The van der Waals surface area contributed by atoms with Gasteiger partial charge in [0.2, 0.25) is 0 Å². The van der Waals surface area contributed by atoms with E-state index in [2.05, 4.69) is 171 Å². The molecule has 6 aromatic carbocycles. The molecule has 0 bridgehead atoms. The maximum absolute atomic E-state index is 2.46. The van der Waals surface area contributed by atoms with Crippen molar-refractivity contribution in [2.75, 3.05) is 0 Å². The Bertz CT molecular complexity index is 1970. The molecule has 204 valence electrons. The van der Waals surface area contributed by atoms with Gasteiger partial charge in [0, 0.05) is 0 Å². The third-order valence-electron chi connectivity index (χ3n) is 9.25. The Hall–Kier alpha value is -5.20. The average molecular weight is 549 g/mol. The lowest BCUT2D eigenvalue weighted by molar-refractivity contribution is 0.792. The van der Waals surface area contributed by atoms with Crippen LogP contribution in [0.2, 0.25) is 0 Å². The Balaban J connectivity index is 1.09. The summed E-state index contributed by atoms with van der Waals surface area (Å²) in [5, 5.41) is 0. The first kappa shape index (κ1) is 25.5. The number of fused-ring (bicyclic) bond motifs is 10. The van der Waals surface area contributed by atoms with Gasteiger partial charge in [0.25, 0.3) is 0 Å². The highest BCUT2D eigenvalue weighted by atomic mass is 14.5. The van der Waals surface area contributed by atoms with Crippen LogP contribution >= 0.6 is 0 Å². The molecule has 0 aromatic heterocycles. The Kier molecular flexibility index (Phi) is 6.09. The van der Waals surface area contributed by atoms with E-state index in [1.165, 1.54) is 72.3 Å². The summed E-state index contributed by atoms with van der Waals surface area (Å²) in [6.45, 7) is 2.12. The van der Waals surface area contributed by atoms with E-state index in [0.29, 0.717) is 0 Å². The second-order valence-corrected chi connectivity index (χ2v) is 11.7. The highest BCUT2D eigenvalue weighted by molar-refractivity contribution is 5.95. The van der Waals surface area contributed by atoms with Crippen molar-refractivity contribution in [2.45, 2.75) is 18.8 Å². The van der Waals surface area contributed by atoms with Crippen LogP contribution in [-0.4, -0.2) is 0 Å². The van der Waals surface area contributed by atoms with Crippen LogP contribution in [-0.2, 0) is 11.8 Å². The molecule has 0 N–H and O–H groups in total. The molecule has 2 aliphatic carbocycles. The Morgan fingerprint density at radius 2 is 1.00 bits per heavy atom. The second kappa shape index (κ2) is 10.3. The largest absolute Gasteiger partial charge is 0.0801 e. The number of allylic oxidation sites excluding steroid dienone is 3. The van der Waals surface area contributed by atoms with Gasteiger partial charge in [-0.3, -0.25) is 0 Å². The fourth-order valence-electron chi connectivity index (χ4n) is 7.25. The molecule has 0 aliphatic heterocycles. The van der Waals surface area contributed by atoms with Gasteiger partial charge in [0.1, 0.15) is 0 Å². The van der Waals surface area contributed by atoms with Crippen molar-refractivity contribution in [2.24, 2.45) is 0 Å². The Morgan fingerprint density at radius 1 is 0.488 bits per heavy atom. The van der Waals surface area contributed by atoms with Gasteiger partial charge in [-0.2, -0.15) is 0 Å². The van der Waals surface area contributed by atoms with Crippen LogP contribution in [0.5, 0.6) is 0 Å². The molecule has 0 saturated heterocycles. The normalized spacial score (nSPS) is 13.8. The predicted octanol–water partition coefficient (Wildman–Crippen LogP) is 10.8. The maximum Gasteiger partial charge on any atom is 0.0725 e. The molecule has 0 nitrogen and oxygen atoms in total. The van der Waals surface area contributed by atoms with Gasteiger partial charge < -0.3 is 0 Å². The van der Waals surface area contributed by atoms with Crippen LogP contribution in [0.1, 0.15) is 38.9 Å². The van der Waals surface area contributed by atoms with Crippen LogP contribution in [0.15, 0.2) is 158 Å². The minimum atomic E-state index is -0.274. The van der Waals surface area contributed by atoms with Crippen molar-refractivity contribution in [1.29, 1.82) is 0 Å². The van der Waals surface area contributed by atoms with E-state index in [1.54, 1.807) is 0 Å². The van der Waals surface area contributed by atoms with E-state index in [9.17, 15) is 0 Å². The molecule has 0 atom stereocenters. The SMILES string of the molecule is Cc1ccc(-c2ccc(/C=C\C=C/Cc3ccc4c(c3)C3(c5ccccc5-c5ccccc53)c3ccccc3-4)cc2)cc1. The van der Waals surface area contributed by atoms with Crippen LogP contribution in [0, 0.1) is 6.92 Å². The van der Waals surface area contributed by atoms with Gasteiger partial charge in [-0.15, -0.1) is 0 Å². The fourth-order valence-corrected chi connectivity index (χ4v) is 7.25. The minimum absolute atomic E-state index is 0.274. The molecule has 0 fully saturated rings. The topological polar surface area (TPSA) is 0 Å². The first-order valence-corrected chi connectivity index (χ1v) is 15.2. The second-order valence-electron chi connectivity index (χ2n) is 11.7. The summed E-state index contributed by atoms with van der Waals surface area (Å²) in [5.41, 5.74) is 17.0. The van der Waals surface area contributed by atoms with Gasteiger partial charge in [-0.05, 0) is 80.1 Å². The van der Waals surface area contributed by atoms with E-state index in [-0.39, 0.29) is 5.41 Å². The lowest BCUT2D eigenvalue weighted by Gasteiger charge is -2.30. The molecule has 0 radical (unpaired) electrons. The first-order chi connectivity index (χ1) is 21.2. The van der Waals surface area contributed by atoms with Crippen molar-refractivity contribution < 1.29 is 0 Å². The molecule has 0 heteroatoms. The molecule has 0 saturated carbocycles. The summed E-state index contributed by atoms with van der Waals surface area (Å²) in [6.07, 6.45) is 9.65. The van der Waals surface area contributed by atoms with E-state index < -0.39 is 0 Å². The van der Waals surface area contributed by atoms with Crippen LogP contribution in [0.3, 0.4) is 0 Å². The van der Waals surface area contributed by atoms with E-state index in [0.717, 1.165) is 6.42 Å². The highest BCUT2D eigenvalue weighted by Crippen LogP contribution is 2.62. The molecule has 43 heavy (non-hydrogen) atoms. The zero-order valence-corrected chi connectivity index (χ0v) is 24.3. The predicted molar refractivity (Wildman–Crippen MR) is 181 cm³/mol. The van der Waals surface area contributed by atoms with Gasteiger partial charge in [0.05, 0.1) is 5.41 Å². The van der Waals surface area contributed by atoms with Crippen molar-refractivity contribution in [3.63, 3.8) is 0 Å². The van der Waals surface area contributed by atoms with Gasteiger partial charge in [-0.1, -0.05) is 169 Å². The molecule has 0 amide bonds. The lowest BCUT2D eigenvalue weighted by atomic mass is 9.70. The van der Waals surface area contributed by atoms with Crippen molar-refractivity contribution in [3.8, 4) is 33.4 Å². The fraction of sp³-hybridized carbons (Fsp3) is 0.0698. The molecular weight excluding hydrogens is 516 g/mol. The third kappa shape index (κ3) is 4.06. The summed E-state index contributed by atoms with van der Waals surface area (Å²) < 4.78 is 0. The van der Waals surface area contributed by atoms with E-state index in [1.807, 2.05) is 0 Å². The minimum Gasteiger partial charge on any atom is -0.0801 e. The average Bonchev–Trinajstić information content (AvgIpc) is 3.52. The van der Waals surface area contributed by atoms with Crippen LogP contribution < -0.4 is 0 Å². The van der Waals surface area contributed by atoms with Gasteiger partial charge in [0.15, 0.2) is 0 Å². The van der Waals surface area contributed by atoms with Crippen LogP contribution in [0.4, 0.5) is 0 Å². The summed E-state index contributed by atoms with van der Waals surface area (Å²) in [6, 6.07) is 51.6. The molecule has 6 aromatic rings.